The number of amides is 1. The van der Waals surface area contributed by atoms with E-state index in [1.807, 2.05) is 17.9 Å². The lowest BCUT2D eigenvalue weighted by atomic mass is 9.59. The van der Waals surface area contributed by atoms with Crippen LogP contribution in [0.1, 0.15) is 112 Å². The van der Waals surface area contributed by atoms with Gasteiger partial charge >= 0.3 is 0 Å². The lowest BCUT2D eigenvalue weighted by molar-refractivity contribution is -0.384. The number of morpholine rings is 1. The SMILES string of the molecule is CC(C)c1ccccc1[C@@H]1COCCN1C1CC2(CCN(c3ccc(S(=O)(=O)NC(=O)c4ccc(NCC5CCC(C)(O)CC5)c([N+](=O)[O-])c4)c(N4c5cc6c(F)c[nH]c6nc5O[C@H]5COCC[C@@H]54)c3)CC2)C1. The number of hydrogen-bond acceptors (Lipinski definition) is 14. The van der Waals surface area contributed by atoms with Gasteiger partial charge in [-0.05, 0) is 129 Å². The Labute approximate surface area is 425 Å². The Balaban J connectivity index is 0.875. The number of benzene rings is 3. The number of anilines is 4. The number of halogens is 1. The topological polar surface area (TPSA) is 205 Å². The Bertz CT molecular complexity index is 3010. The third kappa shape index (κ3) is 9.62. The predicted octanol–water partition coefficient (Wildman–Crippen LogP) is 8.72. The number of aromatic amines is 1. The maximum absolute atomic E-state index is 15.3. The van der Waals surface area contributed by atoms with Crippen LogP contribution in [0.3, 0.4) is 0 Å². The molecule has 3 saturated heterocycles. The molecule has 2 aliphatic carbocycles. The van der Waals surface area contributed by atoms with Crippen LogP contribution in [-0.4, -0.2) is 116 Å². The molecular weight excluding hydrogens is 956 g/mol. The number of pyridine rings is 1. The first-order valence-corrected chi connectivity index (χ1v) is 27.4. The number of nitrogens with one attached hydrogen (secondary N) is 3. The van der Waals surface area contributed by atoms with E-state index < -0.39 is 44.4 Å². The Morgan fingerprint density at radius 2 is 1.74 bits per heavy atom. The minimum atomic E-state index is -4.71. The van der Waals surface area contributed by atoms with Gasteiger partial charge in [-0.15, -0.1) is 0 Å². The second-order valence-corrected chi connectivity index (χ2v) is 23.5. The van der Waals surface area contributed by atoms with Gasteiger partial charge in [0.1, 0.15) is 33.8 Å². The van der Waals surface area contributed by atoms with Crippen LogP contribution >= 0.6 is 0 Å². The molecule has 73 heavy (non-hydrogen) atoms. The van der Waals surface area contributed by atoms with E-state index >= 15 is 4.39 Å². The third-order valence-corrected chi connectivity index (χ3v) is 18.1. The highest BCUT2D eigenvalue weighted by molar-refractivity contribution is 7.90. The number of aromatic nitrogens is 2. The fourth-order valence-electron chi connectivity index (χ4n) is 12.6. The van der Waals surface area contributed by atoms with Crippen molar-refractivity contribution >= 4 is 55.4 Å². The molecule has 6 heterocycles. The van der Waals surface area contributed by atoms with Gasteiger partial charge in [-0.25, -0.2) is 17.5 Å². The van der Waals surface area contributed by atoms with Crippen molar-refractivity contribution < 1.29 is 41.8 Å². The van der Waals surface area contributed by atoms with Crippen LogP contribution < -0.4 is 24.6 Å². The van der Waals surface area contributed by atoms with E-state index in [1.54, 1.807) is 12.1 Å². The van der Waals surface area contributed by atoms with Crippen molar-refractivity contribution in [2.24, 2.45) is 11.3 Å². The Kier molecular flexibility index (Phi) is 13.1. The smallest absolute Gasteiger partial charge is 0.293 e. The fraction of sp³-hybridized carbons (Fsp3) is 0.519. The van der Waals surface area contributed by atoms with Crippen molar-refractivity contribution in [1.82, 2.24) is 19.6 Å². The minimum absolute atomic E-state index is 0.171. The van der Waals surface area contributed by atoms with Crippen molar-refractivity contribution in [3.05, 3.63) is 106 Å². The summed E-state index contributed by atoms with van der Waals surface area (Å²) in [7, 11) is -4.71. The fourth-order valence-corrected chi connectivity index (χ4v) is 13.7. The quantitative estimate of drug-likeness (QED) is 0.0682. The van der Waals surface area contributed by atoms with Crippen molar-refractivity contribution in [2.45, 2.75) is 119 Å². The number of carbonyl (C=O) groups excluding carboxylic acids is 1. The molecule has 3 aromatic carbocycles. The largest absolute Gasteiger partial charge is 0.468 e. The lowest BCUT2D eigenvalue weighted by Crippen LogP contribution is -2.58. The van der Waals surface area contributed by atoms with Gasteiger partial charge in [0.05, 0.1) is 53.5 Å². The highest BCUT2D eigenvalue weighted by Gasteiger charge is 2.50. The number of piperidine rings is 1. The van der Waals surface area contributed by atoms with Crippen LogP contribution in [-0.2, 0) is 19.5 Å². The Morgan fingerprint density at radius 3 is 2.51 bits per heavy atom. The summed E-state index contributed by atoms with van der Waals surface area (Å²) in [6.45, 7) is 11.1. The third-order valence-electron chi connectivity index (χ3n) is 16.8. The monoisotopic (exact) mass is 1020 g/mol. The lowest BCUT2D eigenvalue weighted by Gasteiger charge is -2.57. The summed E-state index contributed by atoms with van der Waals surface area (Å²) >= 11 is 0. The van der Waals surface area contributed by atoms with Crippen molar-refractivity contribution in [2.75, 3.05) is 67.7 Å². The summed E-state index contributed by atoms with van der Waals surface area (Å²) < 4.78 is 65.6. The van der Waals surface area contributed by atoms with Crippen LogP contribution in [0.2, 0.25) is 0 Å². The molecule has 0 unspecified atom stereocenters. The molecule has 4 aliphatic heterocycles. The van der Waals surface area contributed by atoms with Crippen LogP contribution in [0.5, 0.6) is 5.88 Å². The van der Waals surface area contributed by atoms with E-state index in [-0.39, 0.29) is 68.4 Å². The van der Waals surface area contributed by atoms with Crippen molar-refractivity contribution in [3.63, 3.8) is 0 Å². The molecule has 3 atom stereocenters. The number of aliphatic hydroxyl groups is 1. The summed E-state index contributed by atoms with van der Waals surface area (Å²) in [6, 6.07) is 19.6. The maximum Gasteiger partial charge on any atom is 0.293 e. The number of nitro benzene ring substituents is 1. The minimum Gasteiger partial charge on any atom is -0.468 e. The highest BCUT2D eigenvalue weighted by Crippen LogP contribution is 2.54. The molecule has 4 N–H and O–H groups in total. The maximum atomic E-state index is 15.3. The summed E-state index contributed by atoms with van der Waals surface area (Å²) in [6.07, 6.45) is 8.00. The second-order valence-electron chi connectivity index (χ2n) is 21.9. The summed E-state index contributed by atoms with van der Waals surface area (Å²) in [4.78, 5) is 39.9. The molecule has 11 rings (SSSR count). The van der Waals surface area contributed by atoms with E-state index in [0.717, 1.165) is 76.5 Å². The van der Waals surface area contributed by atoms with E-state index in [4.69, 9.17) is 14.2 Å². The van der Waals surface area contributed by atoms with Crippen LogP contribution in [0, 0.1) is 27.3 Å². The molecule has 0 radical (unpaired) electrons. The molecular formula is C54H65FN8O9S. The number of nitrogens with zero attached hydrogens (tertiary/aromatic N) is 5. The van der Waals surface area contributed by atoms with E-state index in [0.29, 0.717) is 56.7 Å². The first kappa shape index (κ1) is 49.4. The summed E-state index contributed by atoms with van der Waals surface area (Å²) in [5.74, 6) is -0.799. The van der Waals surface area contributed by atoms with Crippen LogP contribution in [0.25, 0.3) is 11.0 Å². The Hall–Kier alpha value is -5.86. The summed E-state index contributed by atoms with van der Waals surface area (Å²) in [5.41, 5.74) is 3.48. The molecule has 2 saturated carbocycles. The van der Waals surface area contributed by atoms with Crippen molar-refractivity contribution in [1.29, 1.82) is 0 Å². The van der Waals surface area contributed by atoms with Gasteiger partial charge in [0.2, 0.25) is 5.88 Å². The average molecular weight is 1020 g/mol. The molecule has 1 spiro atoms. The molecule has 1 amide bonds. The number of H-pyrrole nitrogens is 1. The molecule has 6 aliphatic rings. The predicted molar refractivity (Wildman–Crippen MR) is 275 cm³/mol. The van der Waals surface area contributed by atoms with Gasteiger partial charge < -0.3 is 39.4 Å². The zero-order valence-corrected chi connectivity index (χ0v) is 42.5. The van der Waals surface area contributed by atoms with Gasteiger partial charge in [0.15, 0.2) is 0 Å². The van der Waals surface area contributed by atoms with Crippen LogP contribution in [0.4, 0.5) is 32.8 Å². The van der Waals surface area contributed by atoms with Crippen LogP contribution in [0.15, 0.2) is 77.8 Å². The number of carbonyl (C=O) groups is 1. The van der Waals surface area contributed by atoms with Gasteiger partial charge in [-0.1, -0.05) is 38.1 Å². The van der Waals surface area contributed by atoms with E-state index in [9.17, 15) is 28.4 Å². The first-order chi connectivity index (χ1) is 35.1. The zero-order valence-electron chi connectivity index (χ0n) is 41.6. The zero-order chi connectivity index (χ0) is 50.8. The normalized spacial score (nSPS) is 25.5. The average Bonchev–Trinajstić information content (AvgIpc) is 3.74. The molecule has 5 aromatic rings. The number of nitro groups is 1. The number of ether oxygens (including phenoxy) is 3. The van der Waals surface area contributed by atoms with Crippen molar-refractivity contribution in [3.8, 4) is 5.88 Å². The number of rotatable bonds is 12. The Morgan fingerprint density at radius 1 is 0.973 bits per heavy atom. The molecule has 0 bridgehead atoms. The number of hydrogen-bond donors (Lipinski definition) is 4. The van der Waals surface area contributed by atoms with Gasteiger partial charge in [0.25, 0.3) is 21.6 Å². The van der Waals surface area contributed by atoms with E-state index in [2.05, 4.69) is 67.9 Å². The molecule has 388 valence electrons. The second kappa shape index (κ2) is 19.4. The number of sulfonamides is 1. The molecule has 2 aromatic heterocycles. The van der Waals surface area contributed by atoms with Gasteiger partial charge in [-0.2, -0.15) is 4.98 Å². The summed E-state index contributed by atoms with van der Waals surface area (Å²) in [5, 5.41) is 26.1. The molecule has 5 fully saturated rings. The number of fused-ring (bicyclic) bond motifs is 3. The highest BCUT2D eigenvalue weighted by atomic mass is 32.2. The van der Waals surface area contributed by atoms with E-state index in [1.165, 1.54) is 35.5 Å². The standard InChI is InChI=1S/C54H65FN8O9S/c1-33(2)38-6-4-5-7-39(38)47-31-71-23-21-61(47)37-27-54(28-37)17-19-60(20-18-54)36-9-11-49(45(25-36)62-43-14-22-70-32-48(43)72-52-46(62)26-40-41(55)30-57-50(40)58-52)73(68,69)59-51(64)35-8-10-42(44(24-35)63(66)67)56-29-34-12-15-53(3,65)16-13-34/h4-11,24-26,30,33-34,37,43,47-48,56,65H,12-23,27-29,31-32H2,1-3H3,(H,57,58)(H,59,64)/t34?,43-,47-,48-,53?/m0/s1. The first-order valence-electron chi connectivity index (χ1n) is 25.9. The van der Waals surface area contributed by atoms with Gasteiger partial charge in [-0.3, -0.25) is 19.8 Å². The van der Waals surface area contributed by atoms with Gasteiger partial charge in [0, 0.05) is 62.3 Å². The molecule has 19 heteroatoms. The molecule has 17 nitrogen and oxygen atoms in total.